The summed E-state index contributed by atoms with van der Waals surface area (Å²) in [6, 6.07) is 5.23. The van der Waals surface area contributed by atoms with Crippen molar-refractivity contribution in [2.24, 2.45) is 5.73 Å². The maximum atomic E-state index is 12.5. The minimum absolute atomic E-state index is 0.0868. The topological polar surface area (TPSA) is 110 Å². The number of anilines is 1. The number of methoxy groups -OCH3 is 1. The van der Waals surface area contributed by atoms with Crippen molar-refractivity contribution in [3.63, 3.8) is 0 Å². The summed E-state index contributed by atoms with van der Waals surface area (Å²) in [7, 11) is -2.36. The molecule has 4 N–H and O–H groups in total. The van der Waals surface area contributed by atoms with Gasteiger partial charge < -0.3 is 10.5 Å². The second kappa shape index (κ2) is 5.74. The van der Waals surface area contributed by atoms with Gasteiger partial charge in [0.1, 0.15) is 5.75 Å². The van der Waals surface area contributed by atoms with E-state index in [0.717, 1.165) is 5.56 Å². The van der Waals surface area contributed by atoms with E-state index in [1.54, 1.807) is 19.1 Å². The van der Waals surface area contributed by atoms with Crippen molar-refractivity contribution < 1.29 is 13.2 Å². The quantitative estimate of drug-likeness (QED) is 0.771. The molecule has 0 spiro atoms. The first-order valence-electron chi connectivity index (χ1n) is 6.30. The van der Waals surface area contributed by atoms with Gasteiger partial charge in [-0.2, -0.15) is 13.5 Å². The Kier molecular flexibility index (Phi) is 4.19. The summed E-state index contributed by atoms with van der Waals surface area (Å²) < 4.78 is 32.6. The average molecular weight is 310 g/mol. The summed E-state index contributed by atoms with van der Waals surface area (Å²) in [4.78, 5) is 0. The largest absolute Gasteiger partial charge is 0.495 e. The predicted molar refractivity (Wildman–Crippen MR) is 79.8 cm³/mol. The smallest absolute Gasteiger partial charge is 0.281 e. The fraction of sp³-hybridized carbons (Fsp3) is 0.308. The van der Waals surface area contributed by atoms with Gasteiger partial charge in [0.25, 0.3) is 10.0 Å². The highest BCUT2D eigenvalue weighted by atomic mass is 32.2. The van der Waals surface area contributed by atoms with Crippen LogP contribution in [0.4, 0.5) is 5.69 Å². The van der Waals surface area contributed by atoms with Crippen molar-refractivity contribution in [1.29, 1.82) is 0 Å². The molecule has 8 heteroatoms. The summed E-state index contributed by atoms with van der Waals surface area (Å²) in [5.41, 5.74) is 7.96. The lowest BCUT2D eigenvalue weighted by Crippen LogP contribution is -2.17. The van der Waals surface area contributed by atoms with E-state index in [0.29, 0.717) is 22.7 Å². The van der Waals surface area contributed by atoms with Crippen molar-refractivity contribution in [1.82, 2.24) is 10.2 Å². The van der Waals surface area contributed by atoms with Crippen LogP contribution in [0.15, 0.2) is 23.2 Å². The monoisotopic (exact) mass is 310 g/mol. The highest BCUT2D eigenvalue weighted by molar-refractivity contribution is 7.92. The van der Waals surface area contributed by atoms with Crippen LogP contribution in [0, 0.1) is 13.8 Å². The van der Waals surface area contributed by atoms with E-state index in [1.165, 1.54) is 7.11 Å². The molecular formula is C13H18N4O3S. The molecule has 21 heavy (non-hydrogen) atoms. The number of aromatic amines is 1. The Morgan fingerprint density at radius 3 is 2.71 bits per heavy atom. The number of aromatic nitrogens is 2. The summed E-state index contributed by atoms with van der Waals surface area (Å²) in [5.74, 6) is 0.436. The Labute approximate surface area is 123 Å². The van der Waals surface area contributed by atoms with Crippen molar-refractivity contribution in [3.8, 4) is 5.75 Å². The van der Waals surface area contributed by atoms with Gasteiger partial charge in [0, 0.05) is 17.8 Å². The number of hydrogen-bond acceptors (Lipinski definition) is 5. The minimum Gasteiger partial charge on any atom is -0.495 e. The zero-order valence-corrected chi connectivity index (χ0v) is 12.9. The number of benzene rings is 1. The van der Waals surface area contributed by atoms with Gasteiger partial charge in [0.15, 0.2) is 0 Å². The number of H-pyrrole nitrogens is 1. The van der Waals surface area contributed by atoms with Gasteiger partial charge in [-0.05, 0) is 31.5 Å². The van der Waals surface area contributed by atoms with Crippen LogP contribution in [0.3, 0.4) is 0 Å². The molecule has 0 saturated carbocycles. The summed E-state index contributed by atoms with van der Waals surface area (Å²) in [6.45, 7) is 3.67. The molecule has 7 nitrogen and oxygen atoms in total. The van der Waals surface area contributed by atoms with E-state index in [9.17, 15) is 8.42 Å². The van der Waals surface area contributed by atoms with E-state index in [2.05, 4.69) is 14.9 Å². The van der Waals surface area contributed by atoms with E-state index in [4.69, 9.17) is 10.5 Å². The molecule has 0 aliphatic carbocycles. The van der Waals surface area contributed by atoms with Crippen molar-refractivity contribution in [3.05, 3.63) is 35.0 Å². The molecule has 0 fully saturated rings. The molecule has 0 radical (unpaired) electrons. The van der Waals surface area contributed by atoms with Gasteiger partial charge in [-0.1, -0.05) is 6.07 Å². The second-order valence-corrected chi connectivity index (χ2v) is 6.24. The Balaban J connectivity index is 2.44. The van der Waals surface area contributed by atoms with Crippen LogP contribution in [0.5, 0.6) is 5.75 Å². The molecule has 0 bridgehead atoms. The van der Waals surface area contributed by atoms with E-state index in [-0.39, 0.29) is 11.6 Å². The predicted octanol–water partition coefficient (Wildman–Crippen LogP) is 1.29. The van der Waals surface area contributed by atoms with Gasteiger partial charge in [-0.15, -0.1) is 0 Å². The molecule has 0 saturated heterocycles. The lowest BCUT2D eigenvalue weighted by atomic mass is 10.2. The third-order valence-corrected chi connectivity index (χ3v) is 4.43. The fourth-order valence-electron chi connectivity index (χ4n) is 1.99. The molecule has 1 aromatic carbocycles. The van der Waals surface area contributed by atoms with Crippen LogP contribution in [-0.4, -0.2) is 25.7 Å². The molecule has 114 valence electrons. The molecule has 0 unspecified atom stereocenters. The normalized spacial score (nSPS) is 11.4. The van der Waals surface area contributed by atoms with E-state index >= 15 is 0 Å². The van der Waals surface area contributed by atoms with Crippen molar-refractivity contribution in [2.75, 3.05) is 11.8 Å². The molecule has 0 atom stereocenters. The maximum absolute atomic E-state index is 12.5. The second-order valence-electron chi connectivity index (χ2n) is 4.65. The lowest BCUT2D eigenvalue weighted by molar-refractivity contribution is 0.417. The van der Waals surface area contributed by atoms with Crippen molar-refractivity contribution in [2.45, 2.75) is 25.4 Å². The molecule has 2 rings (SSSR count). The Hall–Kier alpha value is -2.06. The van der Waals surface area contributed by atoms with Gasteiger partial charge in [-0.25, -0.2) is 0 Å². The van der Waals surface area contributed by atoms with Crippen LogP contribution in [0.1, 0.15) is 16.8 Å². The highest BCUT2D eigenvalue weighted by Gasteiger charge is 2.24. The average Bonchev–Trinajstić information content (AvgIpc) is 2.80. The minimum atomic E-state index is -3.84. The van der Waals surface area contributed by atoms with Crippen LogP contribution in [-0.2, 0) is 16.6 Å². The fourth-order valence-corrected chi connectivity index (χ4v) is 3.26. The molecule has 0 aliphatic rings. The number of nitrogens with zero attached hydrogens (tertiary/aromatic N) is 1. The molecule has 2 aromatic rings. The van der Waals surface area contributed by atoms with Crippen molar-refractivity contribution >= 4 is 15.7 Å². The molecule has 0 amide bonds. The summed E-state index contributed by atoms with van der Waals surface area (Å²) in [6.07, 6.45) is 0. The first kappa shape index (κ1) is 15.3. The van der Waals surface area contributed by atoms with Gasteiger partial charge >= 0.3 is 0 Å². The van der Waals surface area contributed by atoms with E-state index < -0.39 is 10.0 Å². The van der Waals surface area contributed by atoms with Gasteiger partial charge in [0.2, 0.25) is 5.03 Å². The molecule has 1 heterocycles. The van der Waals surface area contributed by atoms with E-state index in [1.807, 2.05) is 13.0 Å². The third kappa shape index (κ3) is 3.01. The number of hydrogen-bond donors (Lipinski definition) is 3. The van der Waals surface area contributed by atoms with Gasteiger partial charge in [-0.3, -0.25) is 9.82 Å². The van der Waals surface area contributed by atoms with Crippen LogP contribution < -0.4 is 15.2 Å². The number of ether oxygens (including phenoxy) is 1. The Bertz CT molecular complexity index is 753. The van der Waals surface area contributed by atoms with Gasteiger partial charge in [0.05, 0.1) is 12.8 Å². The first-order chi connectivity index (χ1) is 9.89. The summed E-state index contributed by atoms with van der Waals surface area (Å²) >= 11 is 0. The number of nitrogens with one attached hydrogen (secondary N) is 2. The molecule has 0 aliphatic heterocycles. The Morgan fingerprint density at radius 1 is 1.38 bits per heavy atom. The van der Waals surface area contributed by atoms with Crippen LogP contribution in [0.2, 0.25) is 0 Å². The number of aryl methyl sites for hydroxylation is 2. The standard InChI is InChI=1S/C13H18N4O3S/c1-8-4-5-12(20-3)11(6-8)17-21(18,19)13-10(7-14)9(2)15-16-13/h4-6,17H,7,14H2,1-3H3,(H,15,16). The Morgan fingerprint density at radius 2 is 2.10 bits per heavy atom. The zero-order valence-electron chi connectivity index (χ0n) is 12.1. The first-order valence-corrected chi connectivity index (χ1v) is 7.78. The number of sulfonamides is 1. The molecule has 1 aromatic heterocycles. The third-order valence-electron chi connectivity index (χ3n) is 3.09. The SMILES string of the molecule is COc1ccc(C)cc1NS(=O)(=O)c1n[nH]c(C)c1CN. The number of rotatable bonds is 5. The number of nitrogens with two attached hydrogens (primary N) is 1. The molecular weight excluding hydrogens is 292 g/mol. The summed E-state index contributed by atoms with van der Waals surface area (Å²) in [5, 5.41) is 6.38. The highest BCUT2D eigenvalue weighted by Crippen LogP contribution is 2.28. The lowest BCUT2D eigenvalue weighted by Gasteiger charge is -2.12. The maximum Gasteiger partial charge on any atom is 0.281 e. The zero-order chi connectivity index (χ0) is 15.6. The van der Waals surface area contributed by atoms with Crippen LogP contribution >= 0.6 is 0 Å². The van der Waals surface area contributed by atoms with Crippen LogP contribution in [0.25, 0.3) is 0 Å².